The van der Waals surface area contributed by atoms with Gasteiger partial charge in [0.15, 0.2) is 0 Å². The minimum Gasteiger partial charge on any atom is -0.309 e. The van der Waals surface area contributed by atoms with Crippen molar-refractivity contribution in [3.05, 3.63) is 60.3 Å². The molecule has 0 saturated heterocycles. The van der Waals surface area contributed by atoms with Gasteiger partial charge in [-0.2, -0.15) is 0 Å². The Morgan fingerprint density at radius 3 is 2.56 bits per heavy atom. The molecule has 0 aromatic carbocycles. The lowest BCUT2D eigenvalue weighted by molar-refractivity contribution is 0.394. The van der Waals surface area contributed by atoms with Crippen LogP contribution in [0, 0.1) is 0 Å². The van der Waals surface area contributed by atoms with Gasteiger partial charge >= 0.3 is 0 Å². The summed E-state index contributed by atoms with van der Waals surface area (Å²) in [5, 5.41) is 0. The highest BCUT2D eigenvalue weighted by molar-refractivity contribution is 5.27. The summed E-state index contributed by atoms with van der Waals surface area (Å²) in [4.78, 5) is 2.25. The average Bonchev–Trinajstić information content (AvgIpc) is 2.40. The Labute approximate surface area is 112 Å². The molecule has 0 N–H and O–H groups in total. The molecule has 1 aliphatic rings. The third-order valence-corrected chi connectivity index (χ3v) is 2.82. The molecule has 0 unspecified atom stereocenters. The van der Waals surface area contributed by atoms with E-state index in [2.05, 4.69) is 73.7 Å². The molecule has 1 rings (SSSR count). The first-order valence-corrected chi connectivity index (χ1v) is 6.79. The van der Waals surface area contributed by atoms with Crippen molar-refractivity contribution < 1.29 is 0 Å². The fourth-order valence-corrected chi connectivity index (χ4v) is 1.81. The second kappa shape index (κ2) is 9.67. The molecule has 18 heavy (non-hydrogen) atoms. The number of allylic oxidation sites excluding steroid dienone is 10. The smallest absolute Gasteiger partial charge is 0.00247 e. The molecule has 0 spiro atoms. The summed E-state index contributed by atoms with van der Waals surface area (Å²) in [6.07, 6.45) is 24.1. The highest BCUT2D eigenvalue weighted by Crippen LogP contribution is 2.11. The Bertz CT molecular complexity index is 354. The topological polar surface area (TPSA) is 3.24 Å². The zero-order chi connectivity index (χ0) is 13.1. The molecule has 0 amide bonds. The summed E-state index contributed by atoms with van der Waals surface area (Å²) in [6, 6.07) is 0. The van der Waals surface area contributed by atoms with Crippen molar-refractivity contribution in [2.24, 2.45) is 0 Å². The molecular formula is C17H25N. The van der Waals surface area contributed by atoms with Crippen molar-refractivity contribution in [2.75, 3.05) is 20.6 Å². The van der Waals surface area contributed by atoms with Gasteiger partial charge in [-0.1, -0.05) is 54.7 Å². The SMILES string of the molecule is CN(C)CCCC/C1=C/C=C\C=C/C=C\CC=C1. The van der Waals surface area contributed by atoms with Gasteiger partial charge in [-0.05, 0) is 51.9 Å². The van der Waals surface area contributed by atoms with E-state index in [1.54, 1.807) is 0 Å². The van der Waals surface area contributed by atoms with Crippen LogP contribution in [-0.2, 0) is 0 Å². The summed E-state index contributed by atoms with van der Waals surface area (Å²) >= 11 is 0. The minimum absolute atomic E-state index is 1.01. The van der Waals surface area contributed by atoms with Crippen LogP contribution >= 0.6 is 0 Å². The van der Waals surface area contributed by atoms with E-state index in [0.717, 1.165) is 6.42 Å². The lowest BCUT2D eigenvalue weighted by Crippen LogP contribution is -2.12. The zero-order valence-electron chi connectivity index (χ0n) is 11.7. The van der Waals surface area contributed by atoms with E-state index in [1.165, 1.54) is 31.4 Å². The first-order chi connectivity index (χ1) is 8.79. The molecule has 0 atom stereocenters. The first kappa shape index (κ1) is 14.7. The number of unbranched alkanes of at least 4 members (excludes halogenated alkanes) is 1. The molecule has 0 aromatic heterocycles. The van der Waals surface area contributed by atoms with E-state index in [9.17, 15) is 0 Å². The van der Waals surface area contributed by atoms with E-state index in [1.807, 2.05) is 0 Å². The highest BCUT2D eigenvalue weighted by atomic mass is 15.0. The van der Waals surface area contributed by atoms with Gasteiger partial charge in [0.25, 0.3) is 0 Å². The average molecular weight is 243 g/mol. The van der Waals surface area contributed by atoms with Crippen molar-refractivity contribution in [3.8, 4) is 0 Å². The van der Waals surface area contributed by atoms with Gasteiger partial charge in [-0.15, -0.1) is 0 Å². The second-order valence-electron chi connectivity index (χ2n) is 4.84. The summed E-state index contributed by atoms with van der Waals surface area (Å²) in [7, 11) is 4.26. The fraction of sp³-hybridized carbons (Fsp3) is 0.412. The Morgan fingerprint density at radius 2 is 1.72 bits per heavy atom. The van der Waals surface area contributed by atoms with Crippen LogP contribution in [0.3, 0.4) is 0 Å². The van der Waals surface area contributed by atoms with Gasteiger partial charge in [0.1, 0.15) is 0 Å². The number of hydrogen-bond donors (Lipinski definition) is 0. The normalized spacial score (nSPS) is 24.1. The van der Waals surface area contributed by atoms with E-state index in [0.29, 0.717) is 0 Å². The van der Waals surface area contributed by atoms with Gasteiger partial charge in [0.2, 0.25) is 0 Å². The first-order valence-electron chi connectivity index (χ1n) is 6.79. The lowest BCUT2D eigenvalue weighted by Gasteiger charge is -2.08. The third-order valence-electron chi connectivity index (χ3n) is 2.82. The van der Waals surface area contributed by atoms with E-state index in [-0.39, 0.29) is 0 Å². The van der Waals surface area contributed by atoms with Crippen LogP contribution in [0.1, 0.15) is 25.7 Å². The molecule has 0 aromatic rings. The predicted octanol–water partition coefficient (Wildman–Crippen LogP) is 4.27. The zero-order valence-corrected chi connectivity index (χ0v) is 11.7. The van der Waals surface area contributed by atoms with Gasteiger partial charge in [0.05, 0.1) is 0 Å². The third kappa shape index (κ3) is 7.86. The lowest BCUT2D eigenvalue weighted by atomic mass is 10.1. The minimum atomic E-state index is 1.01. The second-order valence-corrected chi connectivity index (χ2v) is 4.84. The predicted molar refractivity (Wildman–Crippen MR) is 81.7 cm³/mol. The summed E-state index contributed by atoms with van der Waals surface area (Å²) in [5.41, 5.74) is 1.42. The molecule has 1 heteroatoms. The van der Waals surface area contributed by atoms with Crippen molar-refractivity contribution in [1.82, 2.24) is 4.90 Å². The van der Waals surface area contributed by atoms with Crippen molar-refractivity contribution >= 4 is 0 Å². The maximum atomic E-state index is 2.26. The van der Waals surface area contributed by atoms with Crippen LogP contribution < -0.4 is 0 Å². The van der Waals surface area contributed by atoms with Crippen molar-refractivity contribution in [2.45, 2.75) is 25.7 Å². The standard InChI is InChI=1S/C17H25N/c1-18(2)16-12-11-15-17-13-9-7-5-3-4-6-8-10-14-17/h3-7,9-10,13-14H,8,11-12,15-16H2,1-2H3/b5-3-,6-4-,9-7-,14-10?,17-13+. The monoisotopic (exact) mass is 243 g/mol. The number of rotatable bonds is 5. The molecule has 98 valence electrons. The molecule has 0 bridgehead atoms. The van der Waals surface area contributed by atoms with Crippen molar-refractivity contribution in [3.63, 3.8) is 0 Å². The van der Waals surface area contributed by atoms with E-state index < -0.39 is 0 Å². The Morgan fingerprint density at radius 1 is 0.944 bits per heavy atom. The summed E-state index contributed by atoms with van der Waals surface area (Å²) < 4.78 is 0. The maximum Gasteiger partial charge on any atom is -0.00247 e. The van der Waals surface area contributed by atoms with Gasteiger partial charge in [-0.25, -0.2) is 0 Å². The van der Waals surface area contributed by atoms with E-state index in [4.69, 9.17) is 0 Å². The van der Waals surface area contributed by atoms with Gasteiger partial charge < -0.3 is 4.90 Å². The highest BCUT2D eigenvalue weighted by Gasteiger charge is 1.94. The maximum absolute atomic E-state index is 2.26. The molecular weight excluding hydrogens is 218 g/mol. The summed E-state index contributed by atoms with van der Waals surface area (Å²) in [5.74, 6) is 0. The van der Waals surface area contributed by atoms with Crippen LogP contribution in [0.4, 0.5) is 0 Å². The van der Waals surface area contributed by atoms with Gasteiger partial charge in [-0.3, -0.25) is 0 Å². The largest absolute Gasteiger partial charge is 0.309 e. The van der Waals surface area contributed by atoms with Crippen LogP contribution in [0.5, 0.6) is 0 Å². The molecule has 0 fully saturated rings. The quantitative estimate of drug-likeness (QED) is 0.652. The van der Waals surface area contributed by atoms with Crippen LogP contribution in [0.2, 0.25) is 0 Å². The molecule has 1 nitrogen and oxygen atoms in total. The van der Waals surface area contributed by atoms with Crippen LogP contribution in [0.15, 0.2) is 60.3 Å². The molecule has 0 saturated carbocycles. The Hall–Kier alpha value is -1.34. The van der Waals surface area contributed by atoms with Crippen LogP contribution in [0.25, 0.3) is 0 Å². The van der Waals surface area contributed by atoms with Crippen molar-refractivity contribution in [1.29, 1.82) is 0 Å². The molecule has 0 heterocycles. The van der Waals surface area contributed by atoms with Crippen LogP contribution in [-0.4, -0.2) is 25.5 Å². The molecule has 1 aliphatic carbocycles. The Kier molecular flexibility index (Phi) is 7.90. The van der Waals surface area contributed by atoms with E-state index >= 15 is 0 Å². The summed E-state index contributed by atoms with van der Waals surface area (Å²) in [6.45, 7) is 1.18. The fourth-order valence-electron chi connectivity index (χ4n) is 1.81. The molecule has 0 radical (unpaired) electrons. The van der Waals surface area contributed by atoms with Gasteiger partial charge in [0, 0.05) is 0 Å². The molecule has 0 aliphatic heterocycles. The Balaban J connectivity index is 2.44. The number of nitrogens with zero attached hydrogens (tertiary/aromatic N) is 1. The number of hydrogen-bond acceptors (Lipinski definition) is 1.